The Morgan fingerprint density at radius 2 is 0.963 bits per heavy atom. The van der Waals surface area contributed by atoms with Crippen LogP contribution in [0.1, 0.15) is 0 Å². The van der Waals surface area contributed by atoms with Gasteiger partial charge in [-0.25, -0.2) is 4.98 Å². The molecule has 0 saturated carbocycles. The first-order valence-corrected chi connectivity index (χ1v) is 8.56. The Kier molecular flexibility index (Phi) is 4.97. The van der Waals surface area contributed by atoms with E-state index in [4.69, 9.17) is 14.2 Å². The molecule has 27 heavy (non-hydrogen) atoms. The third-order valence-corrected chi connectivity index (χ3v) is 3.73. The quantitative estimate of drug-likeness (QED) is 0.398. The molecular weight excluding hydrogens is 338 g/mol. The van der Waals surface area contributed by atoms with Gasteiger partial charge in [-0.2, -0.15) is 0 Å². The molecular formula is C23H17NO3. The Morgan fingerprint density at radius 3 is 1.52 bits per heavy atom. The first-order chi connectivity index (χ1) is 13.4. The lowest BCUT2D eigenvalue weighted by molar-refractivity contribution is 0.376. The number of aromatic nitrogens is 1. The van der Waals surface area contributed by atoms with E-state index >= 15 is 0 Å². The van der Waals surface area contributed by atoms with Crippen LogP contribution >= 0.6 is 0 Å². The number of hydrogen-bond acceptors (Lipinski definition) is 4. The number of rotatable bonds is 6. The van der Waals surface area contributed by atoms with Crippen molar-refractivity contribution >= 4 is 0 Å². The fraction of sp³-hybridized carbons (Fsp3) is 0. The van der Waals surface area contributed by atoms with Crippen molar-refractivity contribution in [2.24, 2.45) is 0 Å². The van der Waals surface area contributed by atoms with E-state index in [0.717, 1.165) is 0 Å². The Balaban J connectivity index is 1.72. The molecule has 0 aliphatic carbocycles. The van der Waals surface area contributed by atoms with Crippen molar-refractivity contribution in [2.75, 3.05) is 0 Å². The van der Waals surface area contributed by atoms with E-state index in [1.54, 1.807) is 12.3 Å². The van der Waals surface area contributed by atoms with E-state index in [2.05, 4.69) is 4.98 Å². The second-order valence-corrected chi connectivity index (χ2v) is 5.69. The molecule has 0 fully saturated rings. The predicted octanol–water partition coefficient (Wildman–Crippen LogP) is 6.46. The van der Waals surface area contributed by atoms with Gasteiger partial charge in [0.25, 0.3) is 5.88 Å². The minimum Gasteiger partial charge on any atom is -0.453 e. The van der Waals surface area contributed by atoms with Crippen LogP contribution in [0.3, 0.4) is 0 Å². The molecule has 3 aromatic carbocycles. The fourth-order valence-corrected chi connectivity index (χ4v) is 2.48. The summed E-state index contributed by atoms with van der Waals surface area (Å²) in [5.41, 5.74) is 0. The molecule has 0 unspecified atom stereocenters. The van der Waals surface area contributed by atoms with Gasteiger partial charge in [0.05, 0.1) is 0 Å². The van der Waals surface area contributed by atoms with Gasteiger partial charge in [-0.3, -0.25) is 0 Å². The molecule has 0 atom stereocenters. The highest BCUT2D eigenvalue weighted by Crippen LogP contribution is 2.42. The van der Waals surface area contributed by atoms with Crippen molar-refractivity contribution in [3.8, 4) is 34.6 Å². The SMILES string of the molecule is c1ccc(Oc2ccnc(Oc3ccccc3)c2Oc2ccccc2)cc1. The van der Waals surface area contributed by atoms with Crippen molar-refractivity contribution in [3.63, 3.8) is 0 Å². The Hall–Kier alpha value is -3.79. The van der Waals surface area contributed by atoms with Gasteiger partial charge in [-0.15, -0.1) is 0 Å². The zero-order valence-electron chi connectivity index (χ0n) is 14.5. The van der Waals surface area contributed by atoms with Crippen molar-refractivity contribution < 1.29 is 14.2 Å². The molecule has 0 amide bonds. The van der Waals surface area contributed by atoms with E-state index < -0.39 is 0 Å². The minimum absolute atomic E-state index is 0.332. The van der Waals surface area contributed by atoms with E-state index in [1.807, 2.05) is 91.0 Å². The number of pyridine rings is 1. The normalized spacial score (nSPS) is 10.2. The number of para-hydroxylation sites is 3. The Bertz CT molecular complexity index is 930. The van der Waals surface area contributed by atoms with Crippen molar-refractivity contribution in [3.05, 3.63) is 103 Å². The highest BCUT2D eigenvalue weighted by atomic mass is 16.5. The zero-order chi connectivity index (χ0) is 18.3. The third kappa shape index (κ3) is 4.25. The largest absolute Gasteiger partial charge is 0.453 e. The lowest BCUT2D eigenvalue weighted by Crippen LogP contribution is -1.96. The summed E-state index contributed by atoms with van der Waals surface area (Å²) in [6, 6.07) is 30.2. The Labute approximate surface area is 157 Å². The van der Waals surface area contributed by atoms with Crippen LogP contribution in [0.2, 0.25) is 0 Å². The molecule has 0 aliphatic rings. The van der Waals surface area contributed by atoms with Gasteiger partial charge in [-0.05, 0) is 36.4 Å². The van der Waals surface area contributed by atoms with E-state index in [1.165, 1.54) is 0 Å². The standard InChI is InChI=1S/C23H17NO3/c1-4-10-18(11-5-1)25-21-16-17-24-23(27-20-14-8-3-9-15-20)22(21)26-19-12-6-2-7-13-19/h1-17H. The van der Waals surface area contributed by atoms with Crippen LogP contribution in [0.4, 0.5) is 0 Å². The summed E-state index contributed by atoms with van der Waals surface area (Å²) >= 11 is 0. The molecule has 0 N–H and O–H groups in total. The molecule has 1 heterocycles. The van der Waals surface area contributed by atoms with Crippen LogP contribution in [-0.2, 0) is 0 Å². The molecule has 4 aromatic rings. The van der Waals surface area contributed by atoms with Crippen LogP contribution in [-0.4, -0.2) is 4.98 Å². The molecule has 0 saturated heterocycles. The van der Waals surface area contributed by atoms with Crippen molar-refractivity contribution in [1.82, 2.24) is 4.98 Å². The first kappa shape index (κ1) is 16.7. The van der Waals surface area contributed by atoms with Crippen LogP contribution in [0.15, 0.2) is 103 Å². The second kappa shape index (κ2) is 8.06. The van der Waals surface area contributed by atoms with Gasteiger partial charge >= 0.3 is 0 Å². The fourth-order valence-electron chi connectivity index (χ4n) is 2.48. The average molecular weight is 355 g/mol. The summed E-state index contributed by atoms with van der Waals surface area (Å²) in [4.78, 5) is 4.35. The Morgan fingerprint density at radius 1 is 0.481 bits per heavy atom. The summed E-state index contributed by atoms with van der Waals surface area (Å²) in [5.74, 6) is 3.30. The number of benzene rings is 3. The number of hydrogen-bond donors (Lipinski definition) is 0. The first-order valence-electron chi connectivity index (χ1n) is 8.56. The summed E-state index contributed by atoms with van der Waals surface area (Å²) in [5, 5.41) is 0. The monoisotopic (exact) mass is 355 g/mol. The molecule has 0 radical (unpaired) electrons. The van der Waals surface area contributed by atoms with Gasteiger partial charge in [0, 0.05) is 12.3 Å². The smallest absolute Gasteiger partial charge is 0.267 e. The van der Waals surface area contributed by atoms with Crippen LogP contribution < -0.4 is 14.2 Å². The molecule has 4 nitrogen and oxygen atoms in total. The average Bonchev–Trinajstić information content (AvgIpc) is 2.73. The maximum absolute atomic E-state index is 6.07. The molecule has 1 aromatic heterocycles. The summed E-state index contributed by atoms with van der Waals surface area (Å²) in [6.07, 6.45) is 1.63. The minimum atomic E-state index is 0.332. The zero-order valence-corrected chi connectivity index (χ0v) is 14.5. The van der Waals surface area contributed by atoms with E-state index in [-0.39, 0.29) is 0 Å². The van der Waals surface area contributed by atoms with Crippen molar-refractivity contribution in [1.29, 1.82) is 0 Å². The molecule has 132 valence electrons. The van der Waals surface area contributed by atoms with Crippen LogP contribution in [0.5, 0.6) is 34.6 Å². The highest BCUT2D eigenvalue weighted by molar-refractivity contribution is 5.52. The number of nitrogens with zero attached hydrogens (tertiary/aromatic N) is 1. The summed E-state index contributed by atoms with van der Waals surface area (Å²) in [6.45, 7) is 0. The molecule has 4 heteroatoms. The highest BCUT2D eigenvalue weighted by Gasteiger charge is 2.17. The van der Waals surface area contributed by atoms with Gasteiger partial charge < -0.3 is 14.2 Å². The lowest BCUT2D eigenvalue weighted by Gasteiger charge is -2.15. The maximum Gasteiger partial charge on any atom is 0.267 e. The van der Waals surface area contributed by atoms with Gasteiger partial charge in [0.1, 0.15) is 17.2 Å². The predicted molar refractivity (Wildman–Crippen MR) is 104 cm³/mol. The van der Waals surface area contributed by atoms with Crippen LogP contribution in [0.25, 0.3) is 0 Å². The summed E-state index contributed by atoms with van der Waals surface area (Å²) in [7, 11) is 0. The van der Waals surface area contributed by atoms with Crippen molar-refractivity contribution in [2.45, 2.75) is 0 Å². The topological polar surface area (TPSA) is 40.6 Å². The lowest BCUT2D eigenvalue weighted by atomic mass is 10.3. The van der Waals surface area contributed by atoms with Gasteiger partial charge in [0.2, 0.25) is 5.75 Å². The van der Waals surface area contributed by atoms with Gasteiger partial charge in [0.15, 0.2) is 5.75 Å². The van der Waals surface area contributed by atoms with E-state index in [0.29, 0.717) is 34.6 Å². The molecule has 4 rings (SSSR count). The van der Waals surface area contributed by atoms with Gasteiger partial charge in [-0.1, -0.05) is 54.6 Å². The molecule has 0 aliphatic heterocycles. The third-order valence-electron chi connectivity index (χ3n) is 3.73. The maximum atomic E-state index is 6.07. The molecule has 0 bridgehead atoms. The molecule has 0 spiro atoms. The van der Waals surface area contributed by atoms with Crippen LogP contribution in [0, 0.1) is 0 Å². The number of ether oxygens (including phenoxy) is 3. The second-order valence-electron chi connectivity index (χ2n) is 5.69. The van der Waals surface area contributed by atoms with E-state index in [9.17, 15) is 0 Å². The summed E-state index contributed by atoms with van der Waals surface area (Å²) < 4.78 is 18.0.